The Morgan fingerprint density at radius 2 is 1.80 bits per heavy atom. The molecule has 0 unspecified atom stereocenters. The Balaban J connectivity index is 1.59. The zero-order valence-electron chi connectivity index (χ0n) is 13.7. The van der Waals surface area contributed by atoms with Crippen LogP contribution in [-0.4, -0.2) is 22.6 Å². The molecule has 1 aromatic carbocycles. The van der Waals surface area contributed by atoms with Gasteiger partial charge in [-0.3, -0.25) is 9.69 Å². The number of aromatic nitrogens is 1. The van der Waals surface area contributed by atoms with Gasteiger partial charge in [0.2, 0.25) is 0 Å². The fourth-order valence-corrected chi connectivity index (χ4v) is 4.30. The number of halogens is 3. The van der Waals surface area contributed by atoms with E-state index in [-0.39, 0.29) is 11.5 Å². The molecule has 3 heterocycles. The standard InChI is InChI=1S/C19H19F3N2O/c20-19(21,22)16-5-2-1-4-14(16)11-23-9-13-8-15(12-23)17-6-3-7-18(25)24(17)10-13/h1-7,13,15H,8-12H2/t13-,15-/m1/s1. The molecule has 4 rings (SSSR count). The summed E-state index contributed by atoms with van der Waals surface area (Å²) in [6, 6.07) is 11.1. The van der Waals surface area contributed by atoms with E-state index in [9.17, 15) is 18.0 Å². The molecule has 1 aromatic heterocycles. The highest BCUT2D eigenvalue weighted by Gasteiger charge is 2.36. The molecule has 0 N–H and O–H groups in total. The molecule has 1 fully saturated rings. The number of piperidine rings is 1. The van der Waals surface area contributed by atoms with Gasteiger partial charge in [-0.1, -0.05) is 24.3 Å². The van der Waals surface area contributed by atoms with Crippen LogP contribution in [0.1, 0.15) is 29.2 Å². The van der Waals surface area contributed by atoms with Crippen molar-refractivity contribution in [3.63, 3.8) is 0 Å². The second kappa shape index (κ2) is 6.02. The molecule has 6 heteroatoms. The topological polar surface area (TPSA) is 25.2 Å². The summed E-state index contributed by atoms with van der Waals surface area (Å²) in [7, 11) is 0. The zero-order valence-corrected chi connectivity index (χ0v) is 13.7. The summed E-state index contributed by atoms with van der Waals surface area (Å²) in [5, 5.41) is 0. The quantitative estimate of drug-likeness (QED) is 0.830. The highest BCUT2D eigenvalue weighted by Crippen LogP contribution is 2.37. The summed E-state index contributed by atoms with van der Waals surface area (Å²) in [6.45, 7) is 2.36. The molecule has 0 amide bonds. The van der Waals surface area contributed by atoms with Gasteiger partial charge >= 0.3 is 6.18 Å². The molecule has 0 spiro atoms. The van der Waals surface area contributed by atoms with Gasteiger partial charge in [-0.2, -0.15) is 13.2 Å². The van der Waals surface area contributed by atoms with E-state index in [2.05, 4.69) is 4.90 Å². The van der Waals surface area contributed by atoms with Gasteiger partial charge in [0, 0.05) is 43.9 Å². The van der Waals surface area contributed by atoms with Crippen LogP contribution in [0.3, 0.4) is 0 Å². The van der Waals surface area contributed by atoms with Crippen molar-refractivity contribution in [2.45, 2.75) is 31.6 Å². The number of pyridine rings is 1. The van der Waals surface area contributed by atoms with Crippen molar-refractivity contribution in [3.05, 3.63) is 69.6 Å². The lowest BCUT2D eigenvalue weighted by atomic mass is 9.83. The van der Waals surface area contributed by atoms with Crippen molar-refractivity contribution in [2.75, 3.05) is 13.1 Å². The second-order valence-electron chi connectivity index (χ2n) is 7.05. The maximum atomic E-state index is 13.2. The molecule has 2 aliphatic heterocycles. The van der Waals surface area contributed by atoms with E-state index in [1.54, 1.807) is 24.3 Å². The number of rotatable bonds is 2. The predicted molar refractivity (Wildman–Crippen MR) is 88.3 cm³/mol. The lowest BCUT2D eigenvalue weighted by Gasteiger charge is -2.43. The van der Waals surface area contributed by atoms with Gasteiger partial charge in [0.05, 0.1) is 5.56 Å². The lowest BCUT2D eigenvalue weighted by molar-refractivity contribution is -0.138. The fraction of sp³-hybridized carbons (Fsp3) is 0.421. The van der Waals surface area contributed by atoms with E-state index in [0.717, 1.165) is 24.7 Å². The third-order valence-corrected chi connectivity index (χ3v) is 5.27. The van der Waals surface area contributed by atoms with Gasteiger partial charge in [0.1, 0.15) is 0 Å². The number of alkyl halides is 3. The van der Waals surface area contributed by atoms with E-state index in [1.807, 2.05) is 10.6 Å². The third kappa shape index (κ3) is 3.11. The number of likely N-dealkylation sites (tertiary alicyclic amines) is 1. The molecule has 0 radical (unpaired) electrons. The zero-order chi connectivity index (χ0) is 17.6. The van der Waals surface area contributed by atoms with E-state index < -0.39 is 11.7 Å². The monoisotopic (exact) mass is 348 g/mol. The van der Waals surface area contributed by atoms with Crippen LogP contribution in [0.5, 0.6) is 0 Å². The Morgan fingerprint density at radius 3 is 2.60 bits per heavy atom. The summed E-state index contributed by atoms with van der Waals surface area (Å²) >= 11 is 0. The minimum atomic E-state index is -4.33. The third-order valence-electron chi connectivity index (χ3n) is 5.27. The first kappa shape index (κ1) is 16.4. The van der Waals surface area contributed by atoms with Crippen LogP contribution in [0.15, 0.2) is 47.3 Å². The van der Waals surface area contributed by atoms with Gasteiger partial charge < -0.3 is 4.57 Å². The molecular formula is C19H19F3N2O. The SMILES string of the molecule is O=c1cccc2n1C[C@@H]1C[C@@H]2CN(Cc2ccccc2C(F)(F)F)C1. The lowest BCUT2D eigenvalue weighted by Crippen LogP contribution is -2.46. The molecular weight excluding hydrogens is 329 g/mol. The van der Waals surface area contributed by atoms with Gasteiger partial charge in [-0.15, -0.1) is 0 Å². The Labute approximate surface area is 143 Å². The largest absolute Gasteiger partial charge is 0.416 e. The summed E-state index contributed by atoms with van der Waals surface area (Å²) in [5.41, 5.74) is 0.795. The Morgan fingerprint density at radius 1 is 1.00 bits per heavy atom. The van der Waals surface area contributed by atoms with E-state index in [1.165, 1.54) is 6.07 Å². The van der Waals surface area contributed by atoms with Crippen LogP contribution < -0.4 is 5.56 Å². The first-order valence-electron chi connectivity index (χ1n) is 8.49. The van der Waals surface area contributed by atoms with E-state index >= 15 is 0 Å². The first-order valence-corrected chi connectivity index (χ1v) is 8.49. The number of fused-ring (bicyclic) bond motifs is 4. The Bertz CT molecular complexity index is 843. The molecule has 2 atom stereocenters. The maximum absolute atomic E-state index is 13.2. The number of hydrogen-bond acceptors (Lipinski definition) is 2. The van der Waals surface area contributed by atoms with Crippen molar-refractivity contribution < 1.29 is 13.2 Å². The predicted octanol–water partition coefficient (Wildman–Crippen LogP) is 3.49. The first-order chi connectivity index (χ1) is 11.9. The summed E-state index contributed by atoms with van der Waals surface area (Å²) in [5.74, 6) is 0.517. The summed E-state index contributed by atoms with van der Waals surface area (Å²) in [4.78, 5) is 14.1. The van der Waals surface area contributed by atoms with Crippen LogP contribution in [0.2, 0.25) is 0 Å². The minimum absolute atomic E-state index is 0.0167. The number of nitrogens with zero attached hydrogens (tertiary/aromatic N) is 2. The van der Waals surface area contributed by atoms with Gasteiger partial charge in [-0.05, 0) is 30.0 Å². The van der Waals surface area contributed by atoms with Crippen LogP contribution in [-0.2, 0) is 19.3 Å². The molecule has 25 heavy (non-hydrogen) atoms. The van der Waals surface area contributed by atoms with Crippen LogP contribution in [0.4, 0.5) is 13.2 Å². The average molecular weight is 348 g/mol. The van der Waals surface area contributed by atoms with Crippen LogP contribution in [0.25, 0.3) is 0 Å². The minimum Gasteiger partial charge on any atom is -0.312 e. The van der Waals surface area contributed by atoms with Crippen molar-refractivity contribution >= 4 is 0 Å². The Kier molecular flexibility index (Phi) is 3.95. The summed E-state index contributed by atoms with van der Waals surface area (Å²) in [6.07, 6.45) is -3.33. The molecule has 0 aliphatic carbocycles. The van der Waals surface area contributed by atoms with Crippen molar-refractivity contribution in [1.29, 1.82) is 0 Å². The smallest absolute Gasteiger partial charge is 0.312 e. The highest BCUT2D eigenvalue weighted by atomic mass is 19.4. The maximum Gasteiger partial charge on any atom is 0.416 e. The number of benzene rings is 1. The average Bonchev–Trinajstić information content (AvgIpc) is 2.55. The normalized spacial score (nSPS) is 23.3. The van der Waals surface area contributed by atoms with E-state index in [0.29, 0.717) is 31.1 Å². The molecule has 3 nitrogen and oxygen atoms in total. The Hall–Kier alpha value is -2.08. The van der Waals surface area contributed by atoms with Gasteiger partial charge in [-0.25, -0.2) is 0 Å². The second-order valence-corrected chi connectivity index (χ2v) is 7.05. The van der Waals surface area contributed by atoms with Gasteiger partial charge in [0.25, 0.3) is 5.56 Å². The van der Waals surface area contributed by atoms with Crippen molar-refractivity contribution in [2.24, 2.45) is 5.92 Å². The molecule has 132 valence electrons. The molecule has 2 bridgehead atoms. The fourth-order valence-electron chi connectivity index (χ4n) is 4.30. The van der Waals surface area contributed by atoms with Crippen LogP contribution >= 0.6 is 0 Å². The van der Waals surface area contributed by atoms with Crippen molar-refractivity contribution in [1.82, 2.24) is 9.47 Å². The molecule has 0 saturated carbocycles. The van der Waals surface area contributed by atoms with Gasteiger partial charge in [0.15, 0.2) is 0 Å². The van der Waals surface area contributed by atoms with E-state index in [4.69, 9.17) is 0 Å². The number of hydrogen-bond donors (Lipinski definition) is 0. The van der Waals surface area contributed by atoms with Crippen molar-refractivity contribution in [3.8, 4) is 0 Å². The highest BCUT2D eigenvalue weighted by molar-refractivity contribution is 5.30. The molecule has 1 saturated heterocycles. The van der Waals surface area contributed by atoms with Crippen LogP contribution in [0, 0.1) is 5.92 Å². The molecule has 2 aromatic rings. The molecule has 2 aliphatic rings. The summed E-state index contributed by atoms with van der Waals surface area (Å²) < 4.78 is 41.5.